The minimum absolute atomic E-state index is 0.0277. The van der Waals surface area contributed by atoms with Crippen molar-refractivity contribution in [1.82, 2.24) is 19.2 Å². The van der Waals surface area contributed by atoms with Crippen molar-refractivity contribution in [3.63, 3.8) is 0 Å². The maximum Gasteiger partial charge on any atom is 0.419 e. The Labute approximate surface area is 199 Å². The fraction of sp³-hybridized carbons (Fsp3) is 0.609. The first-order valence-corrected chi connectivity index (χ1v) is 12.1. The first-order chi connectivity index (χ1) is 16.1. The van der Waals surface area contributed by atoms with E-state index >= 15 is 0 Å². The maximum atomic E-state index is 13.8. The molecule has 3 heterocycles. The molecule has 0 bridgehead atoms. The highest BCUT2D eigenvalue weighted by Crippen LogP contribution is 2.43. The molecule has 3 fully saturated rings. The number of halogens is 4. The van der Waals surface area contributed by atoms with E-state index in [2.05, 4.69) is 4.98 Å². The average molecular weight is 499 g/mol. The summed E-state index contributed by atoms with van der Waals surface area (Å²) < 4.78 is 42.5. The molecule has 2 saturated carbocycles. The number of nitrogens with zero attached hydrogens (tertiary/aromatic N) is 4. The molecule has 2 amide bonds. The van der Waals surface area contributed by atoms with Crippen LogP contribution in [0.4, 0.5) is 13.2 Å². The topological polar surface area (TPSA) is 78.2 Å². The van der Waals surface area contributed by atoms with Crippen LogP contribution >= 0.6 is 11.6 Å². The normalized spacial score (nSPS) is 24.6. The Bertz CT molecular complexity index is 1120. The van der Waals surface area contributed by atoms with E-state index in [0.717, 1.165) is 23.3 Å². The number of fused-ring (bicyclic) bond motifs is 1. The van der Waals surface area contributed by atoms with Crippen molar-refractivity contribution in [2.24, 2.45) is 0 Å². The Morgan fingerprint density at radius 3 is 2.47 bits per heavy atom. The number of alkyl halides is 3. The smallest absolute Gasteiger partial charge is 0.393 e. The van der Waals surface area contributed by atoms with Gasteiger partial charge in [-0.2, -0.15) is 13.2 Å². The van der Waals surface area contributed by atoms with E-state index in [0.29, 0.717) is 44.2 Å². The fourth-order valence-electron chi connectivity index (χ4n) is 5.09. The van der Waals surface area contributed by atoms with Gasteiger partial charge in [0.25, 0.3) is 5.91 Å². The second kappa shape index (κ2) is 8.71. The van der Waals surface area contributed by atoms with Gasteiger partial charge in [0.05, 0.1) is 11.7 Å². The SMILES string of the molecule is O=C(c1nc2c(C(F)(F)F)cc(C3CC3)cn2c1Cl)N1CCCN(C2CCC(O)CC2)C(=O)C1. The molecule has 2 aromatic rings. The van der Waals surface area contributed by atoms with Gasteiger partial charge in [-0.25, -0.2) is 4.98 Å². The van der Waals surface area contributed by atoms with Crippen LogP contribution in [0.25, 0.3) is 5.65 Å². The summed E-state index contributed by atoms with van der Waals surface area (Å²) in [6.45, 7) is 0.590. The molecule has 2 aromatic heterocycles. The van der Waals surface area contributed by atoms with Crippen LogP contribution in [0, 0.1) is 0 Å². The minimum Gasteiger partial charge on any atom is -0.393 e. The summed E-state index contributed by atoms with van der Waals surface area (Å²) in [7, 11) is 0. The highest BCUT2D eigenvalue weighted by molar-refractivity contribution is 6.33. The van der Waals surface area contributed by atoms with Crippen molar-refractivity contribution in [2.75, 3.05) is 19.6 Å². The van der Waals surface area contributed by atoms with Crippen LogP contribution in [-0.4, -0.2) is 67.9 Å². The molecule has 0 spiro atoms. The molecule has 184 valence electrons. The number of hydrogen-bond donors (Lipinski definition) is 1. The monoisotopic (exact) mass is 498 g/mol. The molecule has 1 aliphatic heterocycles. The second-order valence-corrected chi connectivity index (χ2v) is 9.89. The number of pyridine rings is 1. The van der Waals surface area contributed by atoms with E-state index in [9.17, 15) is 27.9 Å². The zero-order valence-corrected chi connectivity index (χ0v) is 19.3. The molecule has 1 saturated heterocycles. The number of aromatic nitrogens is 2. The average Bonchev–Trinajstić information content (AvgIpc) is 3.60. The Morgan fingerprint density at radius 1 is 1.12 bits per heavy atom. The highest BCUT2D eigenvalue weighted by Gasteiger charge is 2.39. The van der Waals surface area contributed by atoms with E-state index < -0.39 is 23.3 Å². The first-order valence-electron chi connectivity index (χ1n) is 11.7. The third-order valence-corrected chi connectivity index (χ3v) is 7.47. The predicted octanol–water partition coefficient (Wildman–Crippen LogP) is 3.86. The van der Waals surface area contributed by atoms with E-state index in [-0.39, 0.29) is 47.9 Å². The number of aliphatic hydroxyl groups is 1. The van der Waals surface area contributed by atoms with Crippen molar-refractivity contribution >= 4 is 29.1 Å². The summed E-state index contributed by atoms with van der Waals surface area (Å²) in [5.41, 5.74) is -1.08. The number of carbonyl (C=O) groups is 2. The molecule has 0 unspecified atom stereocenters. The van der Waals surface area contributed by atoms with Crippen LogP contribution in [0.3, 0.4) is 0 Å². The quantitative estimate of drug-likeness (QED) is 0.697. The molecule has 5 rings (SSSR count). The molecule has 11 heteroatoms. The lowest BCUT2D eigenvalue weighted by Gasteiger charge is -2.35. The second-order valence-electron chi connectivity index (χ2n) is 9.53. The van der Waals surface area contributed by atoms with E-state index in [1.54, 1.807) is 4.90 Å². The van der Waals surface area contributed by atoms with Crippen LogP contribution in [0.15, 0.2) is 12.3 Å². The number of hydrogen-bond acceptors (Lipinski definition) is 4. The Morgan fingerprint density at radius 2 is 1.82 bits per heavy atom. The van der Waals surface area contributed by atoms with Gasteiger partial charge in [-0.15, -0.1) is 0 Å². The van der Waals surface area contributed by atoms with Gasteiger partial charge in [0.15, 0.2) is 11.3 Å². The van der Waals surface area contributed by atoms with Crippen molar-refractivity contribution in [3.05, 3.63) is 34.2 Å². The van der Waals surface area contributed by atoms with Gasteiger partial charge >= 0.3 is 6.18 Å². The number of amides is 2. The van der Waals surface area contributed by atoms with Crippen LogP contribution in [0.5, 0.6) is 0 Å². The third-order valence-electron chi connectivity index (χ3n) is 7.11. The molecular weight excluding hydrogens is 473 g/mol. The number of aliphatic hydroxyl groups excluding tert-OH is 1. The van der Waals surface area contributed by atoms with Gasteiger partial charge in [0, 0.05) is 25.3 Å². The zero-order valence-electron chi connectivity index (χ0n) is 18.5. The van der Waals surface area contributed by atoms with Crippen molar-refractivity contribution in [1.29, 1.82) is 0 Å². The van der Waals surface area contributed by atoms with E-state index in [4.69, 9.17) is 11.6 Å². The summed E-state index contributed by atoms with van der Waals surface area (Å²) in [5.74, 6) is -0.804. The van der Waals surface area contributed by atoms with E-state index in [1.165, 1.54) is 11.1 Å². The fourth-order valence-corrected chi connectivity index (χ4v) is 5.34. The van der Waals surface area contributed by atoms with Crippen LogP contribution in [-0.2, 0) is 11.0 Å². The third kappa shape index (κ3) is 4.37. The lowest BCUT2D eigenvalue weighted by Crippen LogP contribution is -2.46. The Balaban J connectivity index is 1.42. The molecule has 0 aromatic carbocycles. The molecule has 34 heavy (non-hydrogen) atoms. The van der Waals surface area contributed by atoms with Gasteiger partial charge in [0.1, 0.15) is 11.7 Å². The van der Waals surface area contributed by atoms with Crippen molar-refractivity contribution in [2.45, 2.75) is 69.2 Å². The molecule has 0 radical (unpaired) electrons. The lowest BCUT2D eigenvalue weighted by atomic mass is 9.92. The van der Waals surface area contributed by atoms with Gasteiger partial charge in [0.2, 0.25) is 5.91 Å². The first kappa shape index (κ1) is 23.4. The van der Waals surface area contributed by atoms with Crippen molar-refractivity contribution < 1.29 is 27.9 Å². The van der Waals surface area contributed by atoms with Gasteiger partial charge in [-0.1, -0.05) is 11.6 Å². The molecule has 7 nitrogen and oxygen atoms in total. The molecule has 0 atom stereocenters. The largest absolute Gasteiger partial charge is 0.419 e. The summed E-state index contributed by atoms with van der Waals surface area (Å²) in [6.07, 6.45) is 1.41. The summed E-state index contributed by atoms with van der Waals surface area (Å²) >= 11 is 6.40. The van der Waals surface area contributed by atoms with Crippen LogP contribution in [0.2, 0.25) is 5.15 Å². The maximum absolute atomic E-state index is 13.8. The predicted molar refractivity (Wildman–Crippen MR) is 118 cm³/mol. The van der Waals surface area contributed by atoms with Gasteiger partial charge in [-0.05, 0) is 62.5 Å². The Hall–Kier alpha value is -2.33. The van der Waals surface area contributed by atoms with E-state index in [1.807, 2.05) is 0 Å². The minimum atomic E-state index is -4.65. The molecule has 3 aliphatic rings. The van der Waals surface area contributed by atoms with Gasteiger partial charge in [-0.3, -0.25) is 14.0 Å². The lowest BCUT2D eigenvalue weighted by molar-refractivity contribution is -0.136. The summed E-state index contributed by atoms with van der Waals surface area (Å²) in [4.78, 5) is 33.4. The number of imidazole rings is 1. The van der Waals surface area contributed by atoms with Crippen LogP contribution < -0.4 is 0 Å². The molecule has 1 N–H and O–H groups in total. The highest BCUT2D eigenvalue weighted by atomic mass is 35.5. The molecular formula is C23H26ClF3N4O3. The summed E-state index contributed by atoms with van der Waals surface area (Å²) in [6, 6.07) is 1.12. The number of rotatable bonds is 3. The summed E-state index contributed by atoms with van der Waals surface area (Å²) in [5, 5.41) is 9.57. The Kier molecular flexibility index (Phi) is 6.00. The zero-order chi connectivity index (χ0) is 24.2. The van der Waals surface area contributed by atoms with Crippen molar-refractivity contribution in [3.8, 4) is 0 Å². The van der Waals surface area contributed by atoms with Crippen LogP contribution in [0.1, 0.15) is 72.5 Å². The number of carbonyl (C=O) groups excluding carboxylic acids is 2. The molecule has 2 aliphatic carbocycles. The van der Waals surface area contributed by atoms with Gasteiger partial charge < -0.3 is 14.9 Å². The standard InChI is InChI=1S/C23H26ClF3N4O3/c24-20-19(28-21-17(23(25,26)27)10-14(11-31(20)21)13-2-3-13)22(34)29-8-1-9-30(18(33)12-29)15-4-6-16(32)7-5-15/h10-11,13,15-16,32H,1-9,12H2.